The van der Waals surface area contributed by atoms with Gasteiger partial charge in [-0.15, -0.1) is 0 Å². The van der Waals surface area contributed by atoms with Crippen LogP contribution < -0.4 is 26.2 Å². The number of aromatic amines is 1. The van der Waals surface area contributed by atoms with Crippen molar-refractivity contribution >= 4 is 50.9 Å². The molecule has 0 fully saturated rings. The van der Waals surface area contributed by atoms with Crippen LogP contribution in [0.2, 0.25) is 0 Å². The zero-order valence-electron chi connectivity index (χ0n) is 16.4. The maximum absolute atomic E-state index is 12.9. The molecule has 0 spiro atoms. The number of nitrogens with zero attached hydrogens (tertiary/aromatic N) is 1. The largest absolute Gasteiger partial charge is 0.495 e. The first-order valence-electron chi connectivity index (χ1n) is 9.35. The van der Waals surface area contributed by atoms with Crippen molar-refractivity contribution in [2.45, 2.75) is 12.3 Å². The lowest BCUT2D eigenvalue weighted by atomic mass is 9.92. The van der Waals surface area contributed by atoms with Crippen LogP contribution in [0.4, 0.5) is 23.1 Å². The number of benzene rings is 2. The second kappa shape index (κ2) is 8.60. The van der Waals surface area contributed by atoms with Crippen molar-refractivity contribution in [3.63, 3.8) is 0 Å². The van der Waals surface area contributed by atoms with Gasteiger partial charge in [-0.1, -0.05) is 28.1 Å². The van der Waals surface area contributed by atoms with Gasteiger partial charge in [0, 0.05) is 16.6 Å². The molecule has 3 aromatic rings. The maximum Gasteiger partial charge on any atom is 0.258 e. The summed E-state index contributed by atoms with van der Waals surface area (Å²) in [5, 5.41) is 8.30. The number of aromatic nitrogens is 2. The van der Waals surface area contributed by atoms with Crippen LogP contribution in [0.25, 0.3) is 0 Å². The quantitative estimate of drug-likeness (QED) is 0.440. The number of nitrogens with one attached hydrogen (secondary N) is 4. The summed E-state index contributed by atoms with van der Waals surface area (Å²) in [4.78, 5) is 44.9. The number of para-hydroxylation sites is 2. The molecule has 4 N–H and O–H groups in total. The zero-order valence-corrected chi connectivity index (χ0v) is 17.9. The lowest BCUT2D eigenvalue weighted by molar-refractivity contribution is -0.123. The Bertz CT molecular complexity index is 1210. The predicted octanol–water partition coefficient (Wildman–Crippen LogP) is 3.35. The molecule has 1 aliphatic heterocycles. The summed E-state index contributed by atoms with van der Waals surface area (Å²) in [5.41, 5.74) is 0.734. The number of fused-ring (bicyclic) bond motifs is 1. The van der Waals surface area contributed by atoms with Crippen LogP contribution in [0.3, 0.4) is 0 Å². The van der Waals surface area contributed by atoms with Gasteiger partial charge in [-0.3, -0.25) is 19.4 Å². The Hall–Kier alpha value is -3.66. The van der Waals surface area contributed by atoms with Crippen molar-refractivity contribution in [1.29, 1.82) is 0 Å². The van der Waals surface area contributed by atoms with Crippen molar-refractivity contribution in [2.75, 3.05) is 23.1 Å². The highest BCUT2D eigenvalue weighted by molar-refractivity contribution is 9.10. The van der Waals surface area contributed by atoms with Gasteiger partial charge < -0.3 is 20.7 Å². The molecule has 1 aliphatic rings. The van der Waals surface area contributed by atoms with E-state index in [9.17, 15) is 14.4 Å². The van der Waals surface area contributed by atoms with Crippen molar-refractivity contribution in [1.82, 2.24) is 9.97 Å². The average molecular weight is 484 g/mol. The van der Waals surface area contributed by atoms with E-state index in [0.29, 0.717) is 17.1 Å². The number of rotatable bonds is 5. The van der Waals surface area contributed by atoms with Gasteiger partial charge in [-0.05, 0) is 36.4 Å². The first-order valence-corrected chi connectivity index (χ1v) is 10.1. The fourth-order valence-corrected chi connectivity index (χ4v) is 3.56. The fraction of sp³-hybridized carbons (Fsp3) is 0.143. The van der Waals surface area contributed by atoms with Crippen LogP contribution in [0.5, 0.6) is 5.75 Å². The molecule has 1 unspecified atom stereocenters. The highest BCUT2D eigenvalue weighted by Crippen LogP contribution is 2.31. The van der Waals surface area contributed by atoms with E-state index in [1.165, 1.54) is 7.11 Å². The maximum atomic E-state index is 12.9. The van der Waals surface area contributed by atoms with Gasteiger partial charge in [-0.25, -0.2) is 0 Å². The standard InChI is InChI=1S/C21H18BrN5O4/c1-31-15-5-3-2-4-14(15)24-21-26-18-17(20(30)27-21)13(10-16(28)25-18)19(29)23-12-8-6-11(22)7-9-12/h2-9,13H,10H2,1H3,(H,23,29)(H3,24,25,26,27,28,30). The minimum atomic E-state index is -0.969. The number of anilines is 4. The van der Waals surface area contributed by atoms with Crippen molar-refractivity contribution in [3.8, 4) is 5.75 Å². The van der Waals surface area contributed by atoms with E-state index in [-0.39, 0.29) is 23.8 Å². The van der Waals surface area contributed by atoms with Crippen molar-refractivity contribution in [3.05, 3.63) is 68.9 Å². The number of ether oxygens (including phenoxy) is 1. The average Bonchev–Trinajstić information content (AvgIpc) is 2.75. The van der Waals surface area contributed by atoms with Crippen LogP contribution in [0.15, 0.2) is 57.8 Å². The summed E-state index contributed by atoms with van der Waals surface area (Å²) >= 11 is 3.33. The Morgan fingerprint density at radius 1 is 1.16 bits per heavy atom. The number of halogens is 1. The van der Waals surface area contributed by atoms with Gasteiger partial charge in [0.1, 0.15) is 11.6 Å². The van der Waals surface area contributed by atoms with Crippen LogP contribution in [0.1, 0.15) is 17.9 Å². The van der Waals surface area contributed by atoms with E-state index in [2.05, 4.69) is 41.8 Å². The monoisotopic (exact) mass is 483 g/mol. The summed E-state index contributed by atoms with van der Waals surface area (Å²) in [6, 6.07) is 14.1. The number of hydrogen-bond donors (Lipinski definition) is 4. The molecule has 0 radical (unpaired) electrons. The van der Waals surface area contributed by atoms with Crippen LogP contribution >= 0.6 is 15.9 Å². The second-order valence-electron chi connectivity index (χ2n) is 6.80. The molecule has 1 atom stereocenters. The number of carbonyl (C=O) groups is 2. The van der Waals surface area contributed by atoms with Gasteiger partial charge in [-0.2, -0.15) is 4.98 Å². The van der Waals surface area contributed by atoms with E-state index in [1.54, 1.807) is 42.5 Å². The first kappa shape index (κ1) is 20.6. The zero-order chi connectivity index (χ0) is 22.0. The molecule has 158 valence electrons. The Balaban J connectivity index is 1.64. The summed E-state index contributed by atoms with van der Waals surface area (Å²) in [6.07, 6.45) is -0.153. The van der Waals surface area contributed by atoms with Crippen LogP contribution in [-0.4, -0.2) is 28.9 Å². The van der Waals surface area contributed by atoms with Gasteiger partial charge in [0.15, 0.2) is 0 Å². The molecule has 4 rings (SSSR count). The van der Waals surface area contributed by atoms with Crippen LogP contribution in [0, 0.1) is 0 Å². The molecule has 0 saturated heterocycles. The molecule has 31 heavy (non-hydrogen) atoms. The van der Waals surface area contributed by atoms with E-state index in [0.717, 1.165) is 4.47 Å². The third kappa shape index (κ3) is 4.43. The van der Waals surface area contributed by atoms with Gasteiger partial charge >= 0.3 is 0 Å². The Labute approximate surface area is 185 Å². The van der Waals surface area contributed by atoms with E-state index in [4.69, 9.17) is 4.74 Å². The smallest absolute Gasteiger partial charge is 0.258 e. The third-order valence-corrected chi connectivity index (χ3v) is 5.27. The number of H-pyrrole nitrogens is 1. The van der Waals surface area contributed by atoms with Crippen molar-refractivity contribution < 1.29 is 14.3 Å². The number of carbonyl (C=O) groups excluding carboxylic acids is 2. The highest BCUT2D eigenvalue weighted by atomic mass is 79.9. The molecule has 9 nitrogen and oxygen atoms in total. The minimum absolute atomic E-state index is 0.0494. The second-order valence-corrected chi connectivity index (χ2v) is 7.72. The van der Waals surface area contributed by atoms with E-state index < -0.39 is 23.3 Å². The fourth-order valence-electron chi connectivity index (χ4n) is 3.29. The topological polar surface area (TPSA) is 125 Å². The lowest BCUT2D eigenvalue weighted by Crippen LogP contribution is -2.36. The summed E-state index contributed by atoms with van der Waals surface area (Å²) < 4.78 is 6.15. The number of methoxy groups -OCH3 is 1. The van der Waals surface area contributed by atoms with E-state index >= 15 is 0 Å². The van der Waals surface area contributed by atoms with Gasteiger partial charge in [0.2, 0.25) is 17.8 Å². The molecule has 2 amide bonds. The van der Waals surface area contributed by atoms with Crippen LogP contribution in [-0.2, 0) is 9.59 Å². The minimum Gasteiger partial charge on any atom is -0.495 e. The van der Waals surface area contributed by atoms with Gasteiger partial charge in [0.25, 0.3) is 5.56 Å². The molecular formula is C21H18BrN5O4. The molecule has 10 heteroatoms. The SMILES string of the molecule is COc1ccccc1Nc1nc2c(c(=O)[nH]1)C(C(=O)Nc1ccc(Br)cc1)CC(=O)N2. The molecule has 0 aliphatic carbocycles. The molecule has 0 saturated carbocycles. The molecule has 0 bridgehead atoms. The third-order valence-electron chi connectivity index (χ3n) is 4.74. The molecule has 1 aromatic heterocycles. The van der Waals surface area contributed by atoms with E-state index in [1.807, 2.05) is 6.07 Å². The Morgan fingerprint density at radius 3 is 2.65 bits per heavy atom. The Morgan fingerprint density at radius 2 is 1.90 bits per heavy atom. The lowest BCUT2D eigenvalue weighted by Gasteiger charge is -2.23. The number of hydrogen-bond acceptors (Lipinski definition) is 6. The molecular weight excluding hydrogens is 466 g/mol. The summed E-state index contributed by atoms with van der Waals surface area (Å²) in [6.45, 7) is 0. The number of amides is 2. The molecule has 2 aromatic carbocycles. The molecule has 2 heterocycles. The summed E-state index contributed by atoms with van der Waals surface area (Å²) in [7, 11) is 1.53. The normalized spacial score (nSPS) is 14.9. The predicted molar refractivity (Wildman–Crippen MR) is 120 cm³/mol. The first-order chi connectivity index (χ1) is 14.9. The highest BCUT2D eigenvalue weighted by Gasteiger charge is 2.34. The summed E-state index contributed by atoms with van der Waals surface area (Å²) in [5.74, 6) is -1.11. The Kier molecular flexibility index (Phi) is 5.72. The van der Waals surface area contributed by atoms with Gasteiger partial charge in [0.05, 0.1) is 24.3 Å². The van der Waals surface area contributed by atoms with Crippen molar-refractivity contribution in [2.24, 2.45) is 0 Å².